The number of unbranched alkanes of at least 4 members (excludes halogenated alkanes) is 1. The first-order valence-corrected chi connectivity index (χ1v) is 6.15. The highest BCUT2D eigenvalue weighted by molar-refractivity contribution is 6.33. The number of hydrogen-bond donors (Lipinski definition) is 1. The average molecular weight is 242 g/mol. The van der Waals surface area contributed by atoms with Gasteiger partial charge in [-0.3, -0.25) is 0 Å². The third kappa shape index (κ3) is 3.93. The molecule has 1 atom stereocenters. The van der Waals surface area contributed by atoms with E-state index in [1.54, 1.807) is 7.11 Å². The van der Waals surface area contributed by atoms with Crippen molar-refractivity contribution >= 4 is 17.3 Å². The summed E-state index contributed by atoms with van der Waals surface area (Å²) in [4.78, 5) is 0. The topological polar surface area (TPSA) is 21.3 Å². The molecule has 0 spiro atoms. The van der Waals surface area contributed by atoms with Crippen molar-refractivity contribution in [3.05, 3.63) is 23.2 Å². The molecular formula is C13H20ClNO. The molecule has 3 heteroatoms. The van der Waals surface area contributed by atoms with E-state index < -0.39 is 0 Å². The maximum Gasteiger partial charge on any atom is 0.121 e. The molecule has 0 heterocycles. The van der Waals surface area contributed by atoms with Gasteiger partial charge in [0.05, 0.1) is 17.8 Å². The van der Waals surface area contributed by atoms with Crippen molar-refractivity contribution in [3.63, 3.8) is 0 Å². The van der Waals surface area contributed by atoms with E-state index >= 15 is 0 Å². The van der Waals surface area contributed by atoms with Crippen LogP contribution in [0.25, 0.3) is 0 Å². The molecule has 0 saturated heterocycles. The van der Waals surface area contributed by atoms with Crippen molar-refractivity contribution in [1.82, 2.24) is 0 Å². The third-order valence-corrected chi connectivity index (χ3v) is 2.90. The van der Waals surface area contributed by atoms with E-state index in [1.807, 2.05) is 18.2 Å². The molecule has 1 N–H and O–H groups in total. The largest absolute Gasteiger partial charge is 0.497 e. The highest BCUT2D eigenvalue weighted by Gasteiger charge is 2.06. The quantitative estimate of drug-likeness (QED) is 0.800. The van der Waals surface area contributed by atoms with Gasteiger partial charge in [0, 0.05) is 12.1 Å². The van der Waals surface area contributed by atoms with Gasteiger partial charge in [-0.2, -0.15) is 0 Å². The van der Waals surface area contributed by atoms with Gasteiger partial charge < -0.3 is 10.1 Å². The minimum absolute atomic E-state index is 0.435. The molecule has 0 aliphatic heterocycles. The summed E-state index contributed by atoms with van der Waals surface area (Å²) < 4.78 is 5.17. The van der Waals surface area contributed by atoms with Crippen LogP contribution in [0.5, 0.6) is 5.75 Å². The Kier molecular flexibility index (Phi) is 5.47. The fourth-order valence-electron chi connectivity index (χ4n) is 1.59. The molecule has 0 aliphatic rings. The van der Waals surface area contributed by atoms with E-state index in [9.17, 15) is 0 Å². The van der Waals surface area contributed by atoms with Gasteiger partial charge in [0.1, 0.15) is 5.75 Å². The number of nitrogens with one attached hydrogen (secondary N) is 1. The van der Waals surface area contributed by atoms with E-state index in [0.29, 0.717) is 6.04 Å². The molecule has 1 unspecified atom stereocenters. The molecule has 2 nitrogen and oxygen atoms in total. The van der Waals surface area contributed by atoms with Crippen molar-refractivity contribution < 1.29 is 4.74 Å². The monoisotopic (exact) mass is 241 g/mol. The van der Waals surface area contributed by atoms with E-state index in [0.717, 1.165) is 22.9 Å². The van der Waals surface area contributed by atoms with Crippen molar-refractivity contribution in [2.75, 3.05) is 12.4 Å². The predicted octanol–water partition coefficient (Wildman–Crippen LogP) is 4.34. The number of methoxy groups -OCH3 is 1. The summed E-state index contributed by atoms with van der Waals surface area (Å²) in [5.41, 5.74) is 0.949. The Bertz CT molecular complexity index is 328. The minimum Gasteiger partial charge on any atom is -0.497 e. The van der Waals surface area contributed by atoms with E-state index in [4.69, 9.17) is 16.3 Å². The fraction of sp³-hybridized carbons (Fsp3) is 0.538. The lowest BCUT2D eigenvalue weighted by molar-refractivity contribution is 0.415. The van der Waals surface area contributed by atoms with Gasteiger partial charge in [-0.1, -0.05) is 31.4 Å². The number of anilines is 1. The number of benzene rings is 1. The smallest absolute Gasteiger partial charge is 0.121 e. The van der Waals surface area contributed by atoms with Gasteiger partial charge in [0.2, 0.25) is 0 Å². The van der Waals surface area contributed by atoms with Crippen LogP contribution >= 0.6 is 11.6 Å². The lowest BCUT2D eigenvalue weighted by Gasteiger charge is -2.16. The maximum atomic E-state index is 6.11. The summed E-state index contributed by atoms with van der Waals surface area (Å²) in [5, 5.41) is 4.15. The maximum absolute atomic E-state index is 6.11. The molecule has 90 valence electrons. The van der Waals surface area contributed by atoms with Crippen LogP contribution in [-0.4, -0.2) is 13.2 Å². The molecule has 0 aromatic heterocycles. The Morgan fingerprint density at radius 2 is 2.19 bits per heavy atom. The standard InChI is InChI=1S/C13H20ClNO/c1-4-5-6-10(2)15-13-9-11(16-3)7-8-12(13)14/h7-10,15H,4-6H2,1-3H3. The highest BCUT2D eigenvalue weighted by Crippen LogP contribution is 2.27. The molecule has 0 aliphatic carbocycles. The van der Waals surface area contributed by atoms with Crippen LogP contribution < -0.4 is 10.1 Å². The van der Waals surface area contributed by atoms with Gasteiger partial charge in [-0.05, 0) is 25.5 Å². The second-order valence-electron chi connectivity index (χ2n) is 4.03. The van der Waals surface area contributed by atoms with Gasteiger partial charge in [0.25, 0.3) is 0 Å². The molecule has 1 aromatic carbocycles. The average Bonchev–Trinajstić information content (AvgIpc) is 2.29. The van der Waals surface area contributed by atoms with Crippen LogP contribution in [0.15, 0.2) is 18.2 Å². The van der Waals surface area contributed by atoms with Gasteiger partial charge in [-0.25, -0.2) is 0 Å². The summed E-state index contributed by atoms with van der Waals surface area (Å²) >= 11 is 6.11. The van der Waals surface area contributed by atoms with Crippen molar-refractivity contribution in [1.29, 1.82) is 0 Å². The zero-order valence-electron chi connectivity index (χ0n) is 10.2. The van der Waals surface area contributed by atoms with E-state index in [-0.39, 0.29) is 0 Å². The first kappa shape index (κ1) is 13.2. The zero-order chi connectivity index (χ0) is 12.0. The summed E-state index contributed by atoms with van der Waals surface area (Å²) in [6.07, 6.45) is 3.61. The summed E-state index contributed by atoms with van der Waals surface area (Å²) in [7, 11) is 1.66. The number of rotatable bonds is 6. The van der Waals surface area contributed by atoms with Gasteiger partial charge >= 0.3 is 0 Å². The molecule has 0 fully saturated rings. The number of hydrogen-bond acceptors (Lipinski definition) is 2. The minimum atomic E-state index is 0.435. The molecule has 16 heavy (non-hydrogen) atoms. The zero-order valence-corrected chi connectivity index (χ0v) is 11.0. The van der Waals surface area contributed by atoms with Crippen LogP contribution in [0, 0.1) is 0 Å². The molecule has 0 saturated carbocycles. The molecule has 0 bridgehead atoms. The Morgan fingerprint density at radius 3 is 2.81 bits per heavy atom. The van der Waals surface area contributed by atoms with Crippen molar-refractivity contribution in [2.45, 2.75) is 39.2 Å². The fourth-order valence-corrected chi connectivity index (χ4v) is 1.76. The molecule has 1 aromatic rings. The van der Waals surface area contributed by atoms with Crippen molar-refractivity contribution in [3.8, 4) is 5.75 Å². The number of halogens is 1. The predicted molar refractivity (Wildman–Crippen MR) is 70.6 cm³/mol. The molecule has 0 radical (unpaired) electrons. The summed E-state index contributed by atoms with van der Waals surface area (Å²) in [6.45, 7) is 4.37. The highest BCUT2D eigenvalue weighted by atomic mass is 35.5. The molecular weight excluding hydrogens is 222 g/mol. The molecule has 1 rings (SSSR count). The Balaban J connectivity index is 2.64. The second kappa shape index (κ2) is 6.64. The summed E-state index contributed by atoms with van der Waals surface area (Å²) in [5.74, 6) is 0.828. The Hall–Kier alpha value is -0.890. The first-order chi connectivity index (χ1) is 7.67. The second-order valence-corrected chi connectivity index (χ2v) is 4.44. The van der Waals surface area contributed by atoms with Crippen LogP contribution in [0.2, 0.25) is 5.02 Å². The lowest BCUT2D eigenvalue weighted by Crippen LogP contribution is -2.15. The Morgan fingerprint density at radius 1 is 1.44 bits per heavy atom. The van der Waals surface area contributed by atoms with Crippen LogP contribution in [0.4, 0.5) is 5.69 Å². The third-order valence-electron chi connectivity index (χ3n) is 2.57. The van der Waals surface area contributed by atoms with E-state index in [2.05, 4.69) is 19.2 Å². The van der Waals surface area contributed by atoms with Gasteiger partial charge in [0.15, 0.2) is 0 Å². The lowest BCUT2D eigenvalue weighted by atomic mass is 10.1. The summed E-state index contributed by atoms with van der Waals surface area (Å²) in [6, 6.07) is 6.09. The van der Waals surface area contributed by atoms with E-state index in [1.165, 1.54) is 12.8 Å². The normalized spacial score (nSPS) is 12.2. The molecule has 0 amide bonds. The van der Waals surface area contributed by atoms with Crippen LogP contribution in [0.3, 0.4) is 0 Å². The van der Waals surface area contributed by atoms with Crippen molar-refractivity contribution in [2.24, 2.45) is 0 Å². The Labute approximate surface area is 103 Å². The number of ether oxygens (including phenoxy) is 1. The first-order valence-electron chi connectivity index (χ1n) is 5.77. The van der Waals surface area contributed by atoms with Gasteiger partial charge in [-0.15, -0.1) is 0 Å². The SMILES string of the molecule is CCCCC(C)Nc1cc(OC)ccc1Cl. The van der Waals surface area contributed by atoms with Crippen LogP contribution in [-0.2, 0) is 0 Å². The van der Waals surface area contributed by atoms with Crippen LogP contribution in [0.1, 0.15) is 33.1 Å².